The molecule has 0 nitrogen and oxygen atoms in total. The highest BCUT2D eigenvalue weighted by Gasteiger charge is 2.45. The average molecular weight is 455 g/mol. The maximum Gasteiger partial charge on any atom is 0.0926 e. The summed E-state index contributed by atoms with van der Waals surface area (Å²) < 4.78 is 0. The van der Waals surface area contributed by atoms with E-state index in [2.05, 4.69) is 112 Å². The lowest BCUT2D eigenvalue weighted by Gasteiger charge is -2.36. The molecule has 0 fully saturated rings. The Morgan fingerprint density at radius 3 is 1.88 bits per heavy atom. The molecule has 4 rings (SSSR count). The van der Waals surface area contributed by atoms with E-state index in [4.69, 9.17) is 0 Å². The molecule has 0 bridgehead atoms. The van der Waals surface area contributed by atoms with E-state index in [0.717, 1.165) is 6.42 Å². The van der Waals surface area contributed by atoms with E-state index in [-0.39, 0.29) is 5.41 Å². The first-order valence-corrected chi connectivity index (χ1v) is 15.6. The van der Waals surface area contributed by atoms with Crippen molar-refractivity contribution in [3.8, 4) is 11.1 Å². The summed E-state index contributed by atoms with van der Waals surface area (Å²) in [5.74, 6) is 0. The molecule has 0 saturated heterocycles. The lowest BCUT2D eigenvalue weighted by molar-refractivity contribution is 0.586. The van der Waals surface area contributed by atoms with E-state index in [9.17, 15) is 0 Å². The normalized spacial score (nSPS) is 17.5. The van der Waals surface area contributed by atoms with Crippen LogP contribution in [0.5, 0.6) is 0 Å². The van der Waals surface area contributed by atoms with Gasteiger partial charge in [0.15, 0.2) is 0 Å². The number of hydrogen-bond acceptors (Lipinski definition) is 0. The van der Waals surface area contributed by atoms with Crippen LogP contribution >= 0.6 is 0 Å². The van der Waals surface area contributed by atoms with Crippen molar-refractivity contribution in [2.24, 2.45) is 0 Å². The largest absolute Gasteiger partial charge is 0.0926 e. The van der Waals surface area contributed by atoms with Crippen LogP contribution in [0.4, 0.5) is 0 Å². The molecule has 0 N–H and O–H groups in total. The Morgan fingerprint density at radius 2 is 1.36 bits per heavy atom. The van der Waals surface area contributed by atoms with Gasteiger partial charge in [-0.15, -0.1) is 0 Å². The monoisotopic (exact) mass is 454 g/mol. The van der Waals surface area contributed by atoms with E-state index in [1.165, 1.54) is 33.4 Å². The van der Waals surface area contributed by atoms with Gasteiger partial charge in [-0.25, -0.2) is 0 Å². The van der Waals surface area contributed by atoms with Crippen molar-refractivity contribution in [2.45, 2.75) is 92.8 Å². The van der Waals surface area contributed by atoms with Gasteiger partial charge in [0.25, 0.3) is 0 Å². The van der Waals surface area contributed by atoms with Crippen molar-refractivity contribution in [3.05, 3.63) is 86.5 Å². The van der Waals surface area contributed by atoms with Crippen LogP contribution in [0.3, 0.4) is 0 Å². The average Bonchev–Trinajstić information content (AvgIpc) is 3.16. The molecule has 0 atom stereocenters. The van der Waals surface area contributed by atoms with Crippen LogP contribution in [0.15, 0.2) is 64.3 Å². The van der Waals surface area contributed by atoms with E-state index >= 15 is 0 Å². The number of benzene rings is 2. The first-order valence-electron chi connectivity index (χ1n) is 12.6. The molecule has 2 aromatic carbocycles. The summed E-state index contributed by atoms with van der Waals surface area (Å²) >= 11 is 0. The highest BCUT2D eigenvalue weighted by atomic mass is 28.3. The van der Waals surface area contributed by atoms with Gasteiger partial charge in [-0.2, -0.15) is 0 Å². The van der Waals surface area contributed by atoms with E-state index in [0.29, 0.717) is 5.54 Å². The molecular weight excluding hydrogens is 412 g/mol. The molecule has 2 aliphatic carbocycles. The first-order chi connectivity index (χ1) is 15.3. The van der Waals surface area contributed by atoms with Gasteiger partial charge in [-0.3, -0.25) is 0 Å². The maximum atomic E-state index is 2.63. The van der Waals surface area contributed by atoms with Gasteiger partial charge in [-0.05, 0) is 97.9 Å². The molecule has 0 heterocycles. The predicted molar refractivity (Wildman–Crippen MR) is 150 cm³/mol. The summed E-state index contributed by atoms with van der Waals surface area (Å²) in [4.78, 5) is 0. The van der Waals surface area contributed by atoms with Crippen molar-refractivity contribution in [3.63, 3.8) is 0 Å². The Balaban J connectivity index is 2.00. The molecule has 0 aliphatic heterocycles. The summed E-state index contributed by atoms with van der Waals surface area (Å²) in [7, 11) is -1.82. The predicted octanol–water partition coefficient (Wildman–Crippen LogP) is 9.59. The second kappa shape index (κ2) is 7.98. The maximum absolute atomic E-state index is 2.63. The van der Waals surface area contributed by atoms with E-state index in [1.807, 2.05) is 0 Å². The Morgan fingerprint density at radius 1 is 0.818 bits per heavy atom. The van der Waals surface area contributed by atoms with Crippen molar-refractivity contribution >= 4 is 13.3 Å². The second-order valence-corrected chi connectivity index (χ2v) is 16.7. The smallest absolute Gasteiger partial charge is 0.0690 e. The molecule has 0 unspecified atom stereocenters. The lowest BCUT2D eigenvalue weighted by Crippen LogP contribution is -2.35. The Hall–Kier alpha value is -2.12. The topological polar surface area (TPSA) is 0 Å². The molecule has 0 spiro atoms. The number of hydrogen-bond donors (Lipinski definition) is 0. The van der Waals surface area contributed by atoms with Crippen LogP contribution in [-0.4, -0.2) is 8.07 Å². The molecule has 1 heteroatoms. The second-order valence-electron chi connectivity index (χ2n) is 12.2. The van der Waals surface area contributed by atoms with Crippen LogP contribution in [0.25, 0.3) is 16.3 Å². The van der Waals surface area contributed by atoms with Crippen molar-refractivity contribution in [1.82, 2.24) is 0 Å². The quantitative estimate of drug-likeness (QED) is 0.405. The molecule has 0 radical (unpaired) electrons. The summed E-state index contributed by atoms with van der Waals surface area (Å²) in [6, 6.07) is 13.7. The van der Waals surface area contributed by atoms with Crippen molar-refractivity contribution < 1.29 is 0 Å². The van der Waals surface area contributed by atoms with Gasteiger partial charge < -0.3 is 0 Å². The molecule has 2 aromatic rings. The third-order valence-corrected chi connectivity index (χ3v) is 13.0. The Labute approximate surface area is 203 Å². The van der Waals surface area contributed by atoms with Gasteiger partial charge in [0, 0.05) is 5.54 Å². The van der Waals surface area contributed by atoms with Gasteiger partial charge in [0.1, 0.15) is 0 Å². The summed E-state index contributed by atoms with van der Waals surface area (Å²) in [6.45, 7) is 26.6. The lowest BCUT2D eigenvalue weighted by atomic mass is 9.78. The molecule has 0 aromatic heterocycles. The van der Waals surface area contributed by atoms with Crippen LogP contribution in [-0.2, 0) is 11.8 Å². The zero-order valence-electron chi connectivity index (χ0n) is 22.7. The minimum absolute atomic E-state index is 0.113. The summed E-state index contributed by atoms with van der Waals surface area (Å²) in [5, 5.41) is 1.71. The standard InChI is InChI=1S/C32H42Si/c1-19-17-26-27(30(19)33(10,11)31-22(4)20(2)21(3)23(31)5)18-28(32(7,8)9)24(6)29(26)25-15-13-12-14-16-25/h12-16,18,31H,17H2,1-11H3. The molecule has 2 aliphatic rings. The fraction of sp³-hybridized carbons (Fsp3) is 0.438. The number of rotatable bonds is 3. The van der Waals surface area contributed by atoms with Crippen LogP contribution in [0.2, 0.25) is 18.6 Å². The number of allylic oxidation sites excluding steroid dienone is 5. The van der Waals surface area contributed by atoms with Crippen molar-refractivity contribution in [2.75, 3.05) is 0 Å². The SMILES string of the molecule is CC1=C([Si](C)(C)C2C(C)=C(C)C(C)=C2C)c2cc(C(C)(C)C)c(C)c(-c3ccccc3)c2C1. The fourth-order valence-electron chi connectivity index (χ4n) is 7.07. The zero-order valence-corrected chi connectivity index (χ0v) is 23.7. The molecule has 33 heavy (non-hydrogen) atoms. The third-order valence-electron chi connectivity index (χ3n) is 8.68. The Kier molecular flexibility index (Phi) is 5.81. The minimum atomic E-state index is -1.82. The third kappa shape index (κ3) is 3.64. The van der Waals surface area contributed by atoms with Gasteiger partial charge in [0.05, 0.1) is 8.07 Å². The highest BCUT2D eigenvalue weighted by Crippen LogP contribution is 2.55. The van der Waals surface area contributed by atoms with Crippen LogP contribution < -0.4 is 0 Å². The van der Waals surface area contributed by atoms with E-state index < -0.39 is 8.07 Å². The summed E-state index contributed by atoms with van der Waals surface area (Å²) in [5.41, 5.74) is 17.5. The van der Waals surface area contributed by atoms with Gasteiger partial charge in [0.2, 0.25) is 0 Å². The summed E-state index contributed by atoms with van der Waals surface area (Å²) in [6.07, 6.45) is 1.09. The van der Waals surface area contributed by atoms with Crippen LogP contribution in [0.1, 0.15) is 77.6 Å². The minimum Gasteiger partial charge on any atom is -0.0690 e. The first kappa shape index (κ1) is 24.0. The number of fused-ring (bicyclic) bond motifs is 1. The van der Waals surface area contributed by atoms with Crippen molar-refractivity contribution in [1.29, 1.82) is 0 Å². The molecular formula is C32H42Si. The van der Waals surface area contributed by atoms with Crippen LogP contribution in [0, 0.1) is 6.92 Å². The van der Waals surface area contributed by atoms with Gasteiger partial charge >= 0.3 is 0 Å². The fourth-order valence-corrected chi connectivity index (χ4v) is 12.1. The highest BCUT2D eigenvalue weighted by molar-refractivity contribution is 6.97. The Bertz CT molecular complexity index is 1200. The molecule has 174 valence electrons. The molecule has 0 saturated carbocycles. The zero-order chi connectivity index (χ0) is 24.5. The molecule has 0 amide bonds. The van der Waals surface area contributed by atoms with E-state index in [1.54, 1.807) is 33.0 Å². The van der Waals surface area contributed by atoms with Gasteiger partial charge in [-0.1, -0.05) is 92.2 Å².